The monoisotopic (exact) mass is 278 g/mol. The number of carbonyl (C=O) groups is 1. The van der Waals surface area contributed by atoms with Gasteiger partial charge in [-0.1, -0.05) is 42.0 Å². The van der Waals surface area contributed by atoms with E-state index >= 15 is 0 Å². The molecule has 1 amide bonds. The van der Waals surface area contributed by atoms with Crippen molar-refractivity contribution in [3.63, 3.8) is 0 Å². The number of aromatic nitrogens is 1. The quantitative estimate of drug-likeness (QED) is 0.778. The van der Waals surface area contributed by atoms with Crippen LogP contribution in [0, 0.1) is 6.92 Å². The van der Waals surface area contributed by atoms with Crippen LogP contribution in [-0.4, -0.2) is 22.8 Å². The van der Waals surface area contributed by atoms with E-state index in [-0.39, 0.29) is 5.91 Å². The van der Waals surface area contributed by atoms with E-state index in [2.05, 4.69) is 18.0 Å². The average molecular weight is 278 g/mol. The van der Waals surface area contributed by atoms with Gasteiger partial charge in [-0.05, 0) is 30.7 Å². The number of aromatic amines is 1. The van der Waals surface area contributed by atoms with Crippen LogP contribution in [0.25, 0.3) is 10.9 Å². The molecule has 0 saturated carbocycles. The summed E-state index contributed by atoms with van der Waals surface area (Å²) in [4.78, 5) is 17.4. The van der Waals surface area contributed by atoms with Crippen molar-refractivity contribution in [2.45, 2.75) is 13.5 Å². The molecule has 3 heteroatoms. The van der Waals surface area contributed by atoms with Crippen molar-refractivity contribution in [1.29, 1.82) is 0 Å². The predicted molar refractivity (Wildman–Crippen MR) is 85.3 cm³/mol. The van der Waals surface area contributed by atoms with Crippen LogP contribution < -0.4 is 0 Å². The maximum absolute atomic E-state index is 12.5. The Labute approximate surface area is 124 Å². The third-order valence-corrected chi connectivity index (χ3v) is 3.62. The summed E-state index contributed by atoms with van der Waals surface area (Å²) >= 11 is 0. The van der Waals surface area contributed by atoms with Crippen LogP contribution in [0.3, 0.4) is 0 Å². The molecular formula is C18H18N2O. The highest BCUT2D eigenvalue weighted by molar-refractivity contribution is 5.98. The van der Waals surface area contributed by atoms with Gasteiger partial charge >= 0.3 is 0 Å². The van der Waals surface area contributed by atoms with Crippen molar-refractivity contribution in [3.8, 4) is 0 Å². The minimum atomic E-state index is 0.00714. The first-order chi connectivity index (χ1) is 10.1. The standard InChI is InChI=1S/C18H18N2O/c1-13-8-9-16-15(10-13)11-17(19-16)18(21)20(2)12-14-6-4-3-5-7-14/h3-11,19H,12H2,1-2H3. The maximum Gasteiger partial charge on any atom is 0.270 e. The number of rotatable bonds is 3. The van der Waals surface area contributed by atoms with Crippen molar-refractivity contribution >= 4 is 16.8 Å². The SMILES string of the molecule is Cc1ccc2[nH]c(C(=O)N(C)Cc3ccccc3)cc2c1. The number of nitrogens with zero attached hydrogens (tertiary/aromatic N) is 1. The summed E-state index contributed by atoms with van der Waals surface area (Å²) in [5.74, 6) is 0.00714. The van der Waals surface area contributed by atoms with Gasteiger partial charge in [0.2, 0.25) is 0 Å². The van der Waals surface area contributed by atoms with Gasteiger partial charge in [0.05, 0.1) is 0 Å². The molecule has 3 aromatic rings. The molecule has 0 saturated heterocycles. The molecule has 0 aliphatic rings. The molecule has 2 aromatic carbocycles. The molecule has 0 bridgehead atoms. The van der Waals surface area contributed by atoms with Crippen LogP contribution in [0.1, 0.15) is 21.6 Å². The Balaban J connectivity index is 1.82. The summed E-state index contributed by atoms with van der Waals surface area (Å²) in [6.45, 7) is 2.66. The first-order valence-corrected chi connectivity index (χ1v) is 7.02. The lowest BCUT2D eigenvalue weighted by Crippen LogP contribution is -2.26. The lowest BCUT2D eigenvalue weighted by molar-refractivity contribution is 0.0780. The van der Waals surface area contributed by atoms with Gasteiger partial charge in [0, 0.05) is 24.5 Å². The Bertz CT molecular complexity index is 774. The Hall–Kier alpha value is -2.55. The van der Waals surface area contributed by atoms with Crippen LogP contribution in [0.15, 0.2) is 54.6 Å². The average Bonchev–Trinajstić information content (AvgIpc) is 2.90. The Morgan fingerprint density at radius 1 is 1.10 bits per heavy atom. The van der Waals surface area contributed by atoms with Crippen LogP contribution in [0.5, 0.6) is 0 Å². The number of benzene rings is 2. The molecule has 0 fully saturated rings. The van der Waals surface area contributed by atoms with Crippen LogP contribution >= 0.6 is 0 Å². The van der Waals surface area contributed by atoms with E-state index < -0.39 is 0 Å². The highest BCUT2D eigenvalue weighted by atomic mass is 16.2. The van der Waals surface area contributed by atoms with Crippen molar-refractivity contribution in [2.24, 2.45) is 0 Å². The van der Waals surface area contributed by atoms with E-state index in [1.807, 2.05) is 55.6 Å². The number of hydrogen-bond donors (Lipinski definition) is 1. The largest absolute Gasteiger partial charge is 0.351 e. The number of hydrogen-bond acceptors (Lipinski definition) is 1. The van der Waals surface area contributed by atoms with Crippen molar-refractivity contribution in [1.82, 2.24) is 9.88 Å². The molecule has 106 valence electrons. The first-order valence-electron chi connectivity index (χ1n) is 7.02. The third kappa shape index (κ3) is 2.82. The lowest BCUT2D eigenvalue weighted by Gasteiger charge is -2.16. The van der Waals surface area contributed by atoms with Gasteiger partial charge in [0.15, 0.2) is 0 Å². The summed E-state index contributed by atoms with van der Waals surface area (Å²) in [5.41, 5.74) is 3.95. The second-order valence-corrected chi connectivity index (χ2v) is 5.42. The van der Waals surface area contributed by atoms with E-state index in [1.165, 1.54) is 5.56 Å². The third-order valence-electron chi connectivity index (χ3n) is 3.62. The van der Waals surface area contributed by atoms with Crippen molar-refractivity contribution < 1.29 is 4.79 Å². The van der Waals surface area contributed by atoms with Crippen LogP contribution in [0.2, 0.25) is 0 Å². The molecule has 0 radical (unpaired) electrons. The Morgan fingerprint density at radius 2 is 1.86 bits per heavy atom. The Kier molecular flexibility index (Phi) is 3.48. The van der Waals surface area contributed by atoms with E-state index in [4.69, 9.17) is 0 Å². The minimum Gasteiger partial charge on any atom is -0.351 e. The molecule has 1 N–H and O–H groups in total. The second kappa shape index (κ2) is 5.44. The number of amides is 1. The fourth-order valence-corrected chi connectivity index (χ4v) is 2.50. The number of nitrogens with one attached hydrogen (secondary N) is 1. The summed E-state index contributed by atoms with van der Waals surface area (Å²) in [6.07, 6.45) is 0. The molecule has 21 heavy (non-hydrogen) atoms. The summed E-state index contributed by atoms with van der Waals surface area (Å²) in [5, 5.41) is 1.08. The first kappa shape index (κ1) is 13.4. The molecule has 3 nitrogen and oxygen atoms in total. The van der Waals surface area contributed by atoms with E-state index in [0.717, 1.165) is 16.5 Å². The van der Waals surface area contributed by atoms with Gasteiger partial charge in [-0.2, -0.15) is 0 Å². The number of carbonyl (C=O) groups excluding carboxylic acids is 1. The topological polar surface area (TPSA) is 36.1 Å². The molecule has 0 atom stereocenters. The lowest BCUT2D eigenvalue weighted by atomic mass is 10.2. The Morgan fingerprint density at radius 3 is 2.62 bits per heavy atom. The minimum absolute atomic E-state index is 0.00714. The molecule has 0 unspecified atom stereocenters. The van der Waals surface area contributed by atoms with Crippen molar-refractivity contribution in [3.05, 3.63) is 71.4 Å². The molecule has 0 spiro atoms. The van der Waals surface area contributed by atoms with E-state index in [1.54, 1.807) is 4.90 Å². The van der Waals surface area contributed by atoms with Crippen LogP contribution in [0.4, 0.5) is 0 Å². The van der Waals surface area contributed by atoms with Gasteiger partial charge in [-0.3, -0.25) is 4.79 Å². The molecular weight excluding hydrogens is 260 g/mol. The maximum atomic E-state index is 12.5. The highest BCUT2D eigenvalue weighted by Crippen LogP contribution is 2.18. The summed E-state index contributed by atoms with van der Waals surface area (Å²) < 4.78 is 0. The molecule has 3 rings (SSSR count). The summed E-state index contributed by atoms with van der Waals surface area (Å²) in [7, 11) is 1.83. The molecule has 1 aromatic heterocycles. The van der Waals surface area contributed by atoms with E-state index in [0.29, 0.717) is 12.2 Å². The fraction of sp³-hybridized carbons (Fsp3) is 0.167. The van der Waals surface area contributed by atoms with Gasteiger partial charge in [-0.15, -0.1) is 0 Å². The number of H-pyrrole nitrogens is 1. The van der Waals surface area contributed by atoms with Crippen molar-refractivity contribution in [2.75, 3.05) is 7.05 Å². The number of fused-ring (bicyclic) bond motifs is 1. The highest BCUT2D eigenvalue weighted by Gasteiger charge is 2.14. The number of aryl methyl sites for hydroxylation is 1. The fourth-order valence-electron chi connectivity index (χ4n) is 2.50. The van der Waals surface area contributed by atoms with Gasteiger partial charge in [0.25, 0.3) is 5.91 Å². The zero-order valence-electron chi connectivity index (χ0n) is 12.3. The summed E-state index contributed by atoms with van der Waals surface area (Å²) in [6, 6.07) is 18.1. The van der Waals surface area contributed by atoms with Gasteiger partial charge in [0.1, 0.15) is 5.69 Å². The molecule has 1 heterocycles. The smallest absolute Gasteiger partial charge is 0.270 e. The zero-order valence-corrected chi connectivity index (χ0v) is 12.3. The predicted octanol–water partition coefficient (Wildman–Crippen LogP) is 3.75. The van der Waals surface area contributed by atoms with Gasteiger partial charge in [-0.25, -0.2) is 0 Å². The molecule has 0 aliphatic heterocycles. The van der Waals surface area contributed by atoms with Gasteiger partial charge < -0.3 is 9.88 Å². The molecule has 0 aliphatic carbocycles. The normalized spacial score (nSPS) is 10.8. The zero-order chi connectivity index (χ0) is 14.8. The second-order valence-electron chi connectivity index (χ2n) is 5.42. The van der Waals surface area contributed by atoms with Crippen LogP contribution in [-0.2, 0) is 6.54 Å². The van der Waals surface area contributed by atoms with E-state index in [9.17, 15) is 4.79 Å².